The lowest BCUT2D eigenvalue weighted by Gasteiger charge is -2.28. The van der Waals surface area contributed by atoms with Crippen molar-refractivity contribution in [2.75, 3.05) is 33.3 Å². The predicted molar refractivity (Wildman–Crippen MR) is 112 cm³/mol. The normalized spacial score (nSPS) is 16.3. The van der Waals surface area contributed by atoms with Gasteiger partial charge in [0.1, 0.15) is 18.5 Å². The summed E-state index contributed by atoms with van der Waals surface area (Å²) in [6.07, 6.45) is 7.12. The van der Waals surface area contributed by atoms with E-state index in [4.69, 9.17) is 4.74 Å². The van der Waals surface area contributed by atoms with Crippen LogP contribution in [0.4, 0.5) is 0 Å². The van der Waals surface area contributed by atoms with Crippen molar-refractivity contribution < 1.29 is 9.84 Å². The van der Waals surface area contributed by atoms with Crippen molar-refractivity contribution in [2.45, 2.75) is 45.4 Å². The second kappa shape index (κ2) is 10.6. The lowest BCUT2D eigenvalue weighted by atomic mass is 10.1. The van der Waals surface area contributed by atoms with E-state index in [2.05, 4.69) is 47.0 Å². The molecule has 5 nitrogen and oxygen atoms in total. The van der Waals surface area contributed by atoms with Crippen molar-refractivity contribution in [1.82, 2.24) is 14.8 Å². The summed E-state index contributed by atoms with van der Waals surface area (Å²) in [5.74, 6) is 0.814. The van der Waals surface area contributed by atoms with Crippen molar-refractivity contribution in [2.24, 2.45) is 0 Å². The van der Waals surface area contributed by atoms with Crippen LogP contribution >= 0.6 is 0 Å². The van der Waals surface area contributed by atoms with Crippen LogP contribution in [0.15, 0.2) is 42.7 Å². The second-order valence-corrected chi connectivity index (χ2v) is 7.94. The molecule has 1 atom stereocenters. The Hall–Kier alpha value is -1.95. The van der Waals surface area contributed by atoms with E-state index < -0.39 is 6.10 Å². The minimum absolute atomic E-state index is 0.344. The fraction of sp³-hybridized carbons (Fsp3) is 0.522. The molecule has 0 unspecified atom stereocenters. The topological polar surface area (TPSA) is 48.8 Å². The average molecular weight is 384 g/mol. The molecule has 0 bridgehead atoms. The van der Waals surface area contributed by atoms with E-state index in [-0.39, 0.29) is 0 Å². The third kappa shape index (κ3) is 6.59. The summed E-state index contributed by atoms with van der Waals surface area (Å²) in [7, 11) is 2.13. The van der Waals surface area contributed by atoms with Crippen molar-refractivity contribution >= 4 is 0 Å². The van der Waals surface area contributed by atoms with Gasteiger partial charge in [-0.05, 0) is 74.8 Å². The monoisotopic (exact) mass is 383 g/mol. The molecule has 1 N–H and O–H groups in total. The molecule has 1 aromatic heterocycles. The Morgan fingerprint density at radius 2 is 1.86 bits per heavy atom. The maximum atomic E-state index is 10.2. The van der Waals surface area contributed by atoms with Crippen molar-refractivity contribution in [3.63, 3.8) is 0 Å². The molecule has 0 amide bonds. The summed E-state index contributed by atoms with van der Waals surface area (Å²) in [5.41, 5.74) is 3.77. The van der Waals surface area contributed by atoms with E-state index in [9.17, 15) is 5.11 Å². The summed E-state index contributed by atoms with van der Waals surface area (Å²) in [5, 5.41) is 10.2. The first-order chi connectivity index (χ1) is 13.6. The Bertz CT molecular complexity index is 714. The summed E-state index contributed by atoms with van der Waals surface area (Å²) < 4.78 is 5.78. The summed E-state index contributed by atoms with van der Waals surface area (Å²) in [6.45, 7) is 7.11. The number of aromatic nitrogens is 1. The lowest BCUT2D eigenvalue weighted by molar-refractivity contribution is 0.0617. The molecule has 5 heteroatoms. The van der Waals surface area contributed by atoms with Gasteiger partial charge in [-0.3, -0.25) is 9.88 Å². The number of aryl methyl sites for hydroxylation is 1. The first-order valence-electron chi connectivity index (χ1n) is 10.3. The zero-order valence-electron chi connectivity index (χ0n) is 17.2. The van der Waals surface area contributed by atoms with Gasteiger partial charge in [0, 0.05) is 32.0 Å². The van der Waals surface area contributed by atoms with Gasteiger partial charge in [-0.1, -0.05) is 18.6 Å². The third-order valence-electron chi connectivity index (χ3n) is 5.31. The summed E-state index contributed by atoms with van der Waals surface area (Å²) in [6, 6.07) is 10.3. The Balaban J connectivity index is 1.42. The number of benzene rings is 1. The van der Waals surface area contributed by atoms with Crippen LogP contribution in [0.1, 0.15) is 36.0 Å². The van der Waals surface area contributed by atoms with E-state index in [0.717, 1.165) is 31.9 Å². The fourth-order valence-electron chi connectivity index (χ4n) is 3.71. The van der Waals surface area contributed by atoms with Gasteiger partial charge in [0.25, 0.3) is 0 Å². The third-order valence-corrected chi connectivity index (χ3v) is 5.31. The smallest absolute Gasteiger partial charge is 0.119 e. The fourth-order valence-corrected chi connectivity index (χ4v) is 3.71. The molecule has 1 saturated heterocycles. The Kier molecular flexibility index (Phi) is 7.83. The van der Waals surface area contributed by atoms with Crippen LogP contribution in [0.3, 0.4) is 0 Å². The van der Waals surface area contributed by atoms with Crippen LogP contribution in [0.25, 0.3) is 0 Å². The van der Waals surface area contributed by atoms with Gasteiger partial charge in [-0.15, -0.1) is 0 Å². The molecule has 0 spiro atoms. The molecule has 3 rings (SSSR count). The standard InChI is InChI=1S/C23H33N3O2/c1-19-14-24-11-10-21(19)16-25(2)15-20-6-8-23(9-7-20)28-18-22(27)17-26-12-4-3-5-13-26/h6-11,14,22,27H,3-5,12-13,15-18H2,1-2H3/t22-/m0/s1. The molecule has 152 valence electrons. The summed E-state index contributed by atoms with van der Waals surface area (Å²) >= 11 is 0. The second-order valence-electron chi connectivity index (χ2n) is 7.94. The van der Waals surface area contributed by atoms with Gasteiger partial charge in [-0.2, -0.15) is 0 Å². The van der Waals surface area contributed by atoms with Crippen molar-refractivity contribution in [3.05, 3.63) is 59.4 Å². The SMILES string of the molecule is Cc1cnccc1CN(C)Cc1ccc(OC[C@@H](O)CN2CCCCC2)cc1. The number of aliphatic hydroxyl groups is 1. The molecule has 28 heavy (non-hydrogen) atoms. The lowest BCUT2D eigenvalue weighted by Crippen LogP contribution is -2.38. The number of hydrogen-bond donors (Lipinski definition) is 1. The van der Waals surface area contributed by atoms with E-state index in [1.165, 1.54) is 36.0 Å². The molecule has 0 aliphatic carbocycles. The molecular weight excluding hydrogens is 350 g/mol. The number of β-amino-alcohol motifs (C(OH)–C–C–N with tert-alkyl or cyclic N) is 1. The number of pyridine rings is 1. The van der Waals surface area contributed by atoms with Crippen LogP contribution in [-0.2, 0) is 13.1 Å². The number of ether oxygens (including phenoxy) is 1. The number of nitrogens with zero attached hydrogens (tertiary/aromatic N) is 3. The van der Waals surface area contributed by atoms with Crippen LogP contribution in [0.2, 0.25) is 0 Å². The molecule has 0 radical (unpaired) electrons. The quantitative estimate of drug-likeness (QED) is 0.720. The maximum Gasteiger partial charge on any atom is 0.119 e. The van der Waals surface area contributed by atoms with E-state index in [0.29, 0.717) is 13.2 Å². The average Bonchev–Trinajstić information content (AvgIpc) is 2.70. The van der Waals surface area contributed by atoms with Gasteiger partial charge in [0.2, 0.25) is 0 Å². The van der Waals surface area contributed by atoms with Crippen LogP contribution < -0.4 is 4.74 Å². The zero-order chi connectivity index (χ0) is 19.8. The number of rotatable bonds is 9. The first-order valence-corrected chi connectivity index (χ1v) is 10.3. The van der Waals surface area contributed by atoms with Crippen LogP contribution in [-0.4, -0.2) is 59.3 Å². The molecule has 2 heterocycles. The molecule has 1 aliphatic heterocycles. The van der Waals surface area contributed by atoms with Gasteiger partial charge in [-0.25, -0.2) is 0 Å². The van der Waals surface area contributed by atoms with Gasteiger partial charge >= 0.3 is 0 Å². The minimum Gasteiger partial charge on any atom is -0.491 e. The molecule has 0 saturated carbocycles. The molecule has 1 aromatic carbocycles. The minimum atomic E-state index is -0.437. The Morgan fingerprint density at radius 3 is 2.57 bits per heavy atom. The first kappa shape index (κ1) is 20.8. The number of hydrogen-bond acceptors (Lipinski definition) is 5. The van der Waals surface area contributed by atoms with Gasteiger partial charge in [0.15, 0.2) is 0 Å². The van der Waals surface area contributed by atoms with Crippen LogP contribution in [0, 0.1) is 6.92 Å². The van der Waals surface area contributed by atoms with E-state index >= 15 is 0 Å². The highest BCUT2D eigenvalue weighted by Gasteiger charge is 2.15. The predicted octanol–water partition coefficient (Wildman–Crippen LogP) is 3.25. The number of piperidine rings is 1. The highest BCUT2D eigenvalue weighted by atomic mass is 16.5. The van der Waals surface area contributed by atoms with E-state index in [1.54, 1.807) is 0 Å². The van der Waals surface area contributed by atoms with Crippen LogP contribution in [0.5, 0.6) is 5.75 Å². The highest BCUT2D eigenvalue weighted by molar-refractivity contribution is 5.27. The molecule has 1 aliphatic rings. The number of likely N-dealkylation sites (tertiary alicyclic amines) is 1. The Morgan fingerprint density at radius 1 is 1.11 bits per heavy atom. The number of aliphatic hydroxyl groups excluding tert-OH is 1. The Labute approximate surface area is 169 Å². The molecular formula is C23H33N3O2. The highest BCUT2D eigenvalue weighted by Crippen LogP contribution is 2.16. The van der Waals surface area contributed by atoms with Gasteiger partial charge < -0.3 is 14.7 Å². The zero-order valence-corrected chi connectivity index (χ0v) is 17.2. The molecule has 1 fully saturated rings. The van der Waals surface area contributed by atoms with Gasteiger partial charge in [0.05, 0.1) is 0 Å². The summed E-state index contributed by atoms with van der Waals surface area (Å²) in [4.78, 5) is 8.78. The maximum absolute atomic E-state index is 10.2. The largest absolute Gasteiger partial charge is 0.491 e. The van der Waals surface area contributed by atoms with Crippen molar-refractivity contribution in [1.29, 1.82) is 0 Å². The molecule has 2 aromatic rings. The van der Waals surface area contributed by atoms with Crippen molar-refractivity contribution in [3.8, 4) is 5.75 Å². The van der Waals surface area contributed by atoms with E-state index in [1.807, 2.05) is 24.5 Å².